The van der Waals surface area contributed by atoms with E-state index < -0.39 is 0 Å². The lowest BCUT2D eigenvalue weighted by molar-refractivity contribution is 0.102. The minimum Gasteiger partial charge on any atom is -0.372 e. The molecular formula is C31H36ClN3OS. The van der Waals surface area contributed by atoms with Gasteiger partial charge in [-0.25, -0.2) is 4.99 Å². The molecule has 1 aromatic heterocycles. The highest BCUT2D eigenvalue weighted by Crippen LogP contribution is 2.45. The minimum atomic E-state index is -0.0957. The van der Waals surface area contributed by atoms with E-state index in [1.807, 2.05) is 18.3 Å². The Morgan fingerprint density at radius 3 is 2.43 bits per heavy atom. The quantitative estimate of drug-likeness (QED) is 0.334. The third kappa shape index (κ3) is 6.10. The van der Waals surface area contributed by atoms with Crippen molar-refractivity contribution in [1.29, 1.82) is 0 Å². The van der Waals surface area contributed by atoms with Crippen molar-refractivity contribution >= 4 is 51.4 Å². The number of thiophene rings is 1. The van der Waals surface area contributed by atoms with Gasteiger partial charge in [0.05, 0.1) is 5.56 Å². The van der Waals surface area contributed by atoms with Crippen molar-refractivity contribution in [2.75, 3.05) is 23.3 Å². The Kier molecular flexibility index (Phi) is 7.73. The van der Waals surface area contributed by atoms with Crippen molar-refractivity contribution in [2.24, 2.45) is 16.3 Å². The van der Waals surface area contributed by atoms with Crippen molar-refractivity contribution in [3.8, 4) is 0 Å². The molecule has 194 valence electrons. The summed E-state index contributed by atoms with van der Waals surface area (Å²) in [4.78, 5) is 22.2. The van der Waals surface area contributed by atoms with E-state index in [4.69, 9.17) is 16.6 Å². The van der Waals surface area contributed by atoms with E-state index in [-0.39, 0.29) is 11.3 Å². The standard InChI is InChI=1S/C31H36ClN3OS/c1-31(2,3)22-9-16-26-27(19-22)37-30(28(26)29(36)34-24-12-10-23(32)11-13-24)33-20-21-7-14-25(15-8-21)35-17-5-4-6-18-35/h7-8,10-15,20,22H,4-6,9,16-19H2,1-3H3,(H,34,36)/t22-/m0/s1. The molecule has 1 aliphatic heterocycles. The average molecular weight is 534 g/mol. The fourth-order valence-corrected chi connectivity index (χ4v) is 6.81. The predicted octanol–water partition coefficient (Wildman–Crippen LogP) is 8.55. The minimum absolute atomic E-state index is 0.0957. The molecule has 2 aromatic carbocycles. The van der Waals surface area contributed by atoms with Gasteiger partial charge in [-0.15, -0.1) is 11.3 Å². The van der Waals surface area contributed by atoms with Crippen molar-refractivity contribution in [3.05, 3.63) is 75.1 Å². The van der Waals surface area contributed by atoms with Crippen molar-refractivity contribution < 1.29 is 4.79 Å². The summed E-state index contributed by atoms with van der Waals surface area (Å²) in [6, 6.07) is 15.9. The molecule has 1 atom stereocenters. The third-order valence-corrected chi connectivity index (χ3v) is 9.16. The molecule has 1 saturated heterocycles. The van der Waals surface area contributed by atoms with Crippen LogP contribution in [0.25, 0.3) is 0 Å². The normalized spacial score (nSPS) is 18.2. The molecule has 2 aliphatic rings. The maximum atomic E-state index is 13.5. The Morgan fingerprint density at radius 2 is 1.76 bits per heavy atom. The van der Waals surface area contributed by atoms with Gasteiger partial charge < -0.3 is 10.2 Å². The van der Waals surface area contributed by atoms with E-state index in [9.17, 15) is 4.79 Å². The number of hydrogen-bond acceptors (Lipinski definition) is 4. The zero-order valence-corrected chi connectivity index (χ0v) is 23.6. The number of aliphatic imine (C=N–C) groups is 1. The number of amides is 1. The van der Waals surface area contributed by atoms with Crippen LogP contribution < -0.4 is 10.2 Å². The fourth-order valence-electron chi connectivity index (χ4n) is 5.42. The summed E-state index contributed by atoms with van der Waals surface area (Å²) < 4.78 is 0. The summed E-state index contributed by atoms with van der Waals surface area (Å²) in [5, 5.41) is 4.52. The van der Waals surface area contributed by atoms with Gasteiger partial charge in [-0.3, -0.25) is 4.79 Å². The summed E-state index contributed by atoms with van der Waals surface area (Å²) >= 11 is 7.72. The number of carbonyl (C=O) groups excluding carboxylic acids is 1. The number of carbonyl (C=O) groups is 1. The number of nitrogens with zero attached hydrogens (tertiary/aromatic N) is 2. The lowest BCUT2D eigenvalue weighted by atomic mass is 9.72. The first kappa shape index (κ1) is 26.0. The molecule has 0 saturated carbocycles. The summed E-state index contributed by atoms with van der Waals surface area (Å²) in [5.41, 5.74) is 5.20. The molecule has 1 amide bonds. The second-order valence-electron chi connectivity index (χ2n) is 11.3. The van der Waals surface area contributed by atoms with Gasteiger partial charge in [0.2, 0.25) is 0 Å². The van der Waals surface area contributed by atoms with Crippen LogP contribution in [-0.4, -0.2) is 25.2 Å². The molecule has 4 nitrogen and oxygen atoms in total. The van der Waals surface area contributed by atoms with E-state index in [1.54, 1.807) is 23.5 Å². The van der Waals surface area contributed by atoms with Gasteiger partial charge in [-0.05, 0) is 97.4 Å². The molecule has 6 heteroatoms. The van der Waals surface area contributed by atoms with Crippen LogP contribution >= 0.6 is 22.9 Å². The number of rotatable bonds is 5. The second kappa shape index (κ2) is 11.0. The highest BCUT2D eigenvalue weighted by Gasteiger charge is 2.33. The number of hydrogen-bond donors (Lipinski definition) is 1. The largest absolute Gasteiger partial charge is 0.372 e. The number of anilines is 2. The Bertz CT molecular complexity index is 1270. The van der Waals surface area contributed by atoms with Gasteiger partial charge in [-0.2, -0.15) is 0 Å². The summed E-state index contributed by atoms with van der Waals surface area (Å²) in [6.45, 7) is 9.22. The topological polar surface area (TPSA) is 44.7 Å². The van der Waals surface area contributed by atoms with Crippen LogP contribution in [0.5, 0.6) is 0 Å². The summed E-state index contributed by atoms with van der Waals surface area (Å²) in [5.74, 6) is 0.506. The van der Waals surface area contributed by atoms with Crippen LogP contribution in [-0.2, 0) is 12.8 Å². The van der Waals surface area contributed by atoms with Crippen molar-refractivity contribution in [2.45, 2.75) is 59.3 Å². The maximum absolute atomic E-state index is 13.5. The third-order valence-electron chi connectivity index (χ3n) is 7.75. The molecule has 0 radical (unpaired) electrons. The van der Waals surface area contributed by atoms with E-state index in [1.165, 1.54) is 35.4 Å². The summed E-state index contributed by atoms with van der Waals surface area (Å²) in [7, 11) is 0. The average Bonchev–Trinajstić information content (AvgIpc) is 3.27. The van der Waals surface area contributed by atoms with Gasteiger partial charge in [0, 0.05) is 40.6 Å². The van der Waals surface area contributed by atoms with Crippen LogP contribution in [0.1, 0.15) is 72.8 Å². The maximum Gasteiger partial charge on any atom is 0.259 e. The number of piperidine rings is 1. The molecular weight excluding hydrogens is 498 g/mol. The number of fused-ring (bicyclic) bond motifs is 1. The Morgan fingerprint density at radius 1 is 1.05 bits per heavy atom. The monoisotopic (exact) mass is 533 g/mol. The zero-order chi connectivity index (χ0) is 26.0. The lowest BCUT2D eigenvalue weighted by Crippen LogP contribution is -2.29. The van der Waals surface area contributed by atoms with E-state index >= 15 is 0 Å². The SMILES string of the molecule is CC(C)(C)[C@H]1CCc2c(sc(N=Cc3ccc(N4CCCCC4)cc3)c2C(=O)Nc2ccc(Cl)cc2)C1. The van der Waals surface area contributed by atoms with E-state index in [0.717, 1.165) is 54.2 Å². The Labute approximate surface area is 229 Å². The van der Waals surface area contributed by atoms with Crippen LogP contribution in [0.3, 0.4) is 0 Å². The first-order chi connectivity index (χ1) is 17.8. The van der Waals surface area contributed by atoms with Gasteiger partial charge in [-0.1, -0.05) is 44.5 Å². The Hall–Kier alpha value is -2.63. The van der Waals surface area contributed by atoms with Crippen molar-refractivity contribution in [3.63, 3.8) is 0 Å². The van der Waals surface area contributed by atoms with Gasteiger partial charge in [0.15, 0.2) is 0 Å². The van der Waals surface area contributed by atoms with Crippen molar-refractivity contribution in [1.82, 2.24) is 0 Å². The molecule has 0 bridgehead atoms. The summed E-state index contributed by atoms with van der Waals surface area (Å²) in [6.07, 6.45) is 8.78. The molecule has 1 aliphatic carbocycles. The van der Waals surface area contributed by atoms with Gasteiger partial charge in [0.1, 0.15) is 5.00 Å². The molecule has 5 rings (SSSR count). The van der Waals surface area contributed by atoms with Crippen LogP contribution in [0.2, 0.25) is 5.02 Å². The predicted molar refractivity (Wildman–Crippen MR) is 158 cm³/mol. The molecule has 37 heavy (non-hydrogen) atoms. The second-order valence-corrected chi connectivity index (χ2v) is 12.9. The van der Waals surface area contributed by atoms with Gasteiger partial charge in [0.25, 0.3) is 5.91 Å². The highest BCUT2D eigenvalue weighted by atomic mass is 35.5. The van der Waals surface area contributed by atoms with E-state index in [2.05, 4.69) is 55.3 Å². The number of nitrogens with one attached hydrogen (secondary N) is 1. The van der Waals surface area contributed by atoms with Crippen LogP contribution in [0, 0.1) is 11.3 Å². The molecule has 0 unspecified atom stereocenters. The van der Waals surface area contributed by atoms with Crippen LogP contribution in [0.15, 0.2) is 53.5 Å². The Balaban J connectivity index is 1.42. The highest BCUT2D eigenvalue weighted by molar-refractivity contribution is 7.16. The smallest absolute Gasteiger partial charge is 0.259 e. The first-order valence-electron chi connectivity index (χ1n) is 13.4. The molecule has 1 N–H and O–H groups in total. The zero-order valence-electron chi connectivity index (χ0n) is 22.0. The number of benzene rings is 2. The number of halogens is 1. The molecule has 0 spiro atoms. The molecule has 3 aromatic rings. The van der Waals surface area contributed by atoms with Crippen LogP contribution in [0.4, 0.5) is 16.4 Å². The lowest BCUT2D eigenvalue weighted by Gasteiger charge is -2.33. The van der Waals surface area contributed by atoms with E-state index in [0.29, 0.717) is 10.9 Å². The molecule has 2 heterocycles. The first-order valence-corrected chi connectivity index (χ1v) is 14.6. The van der Waals surface area contributed by atoms with Gasteiger partial charge >= 0.3 is 0 Å². The fraction of sp³-hybridized carbons (Fsp3) is 0.419. The molecule has 1 fully saturated rings.